The van der Waals surface area contributed by atoms with Crippen LogP contribution in [-0.2, 0) is 15.7 Å². The summed E-state index contributed by atoms with van der Waals surface area (Å²) >= 11 is 1.41. The van der Waals surface area contributed by atoms with Gasteiger partial charge in [0, 0.05) is 11.3 Å². The van der Waals surface area contributed by atoms with Gasteiger partial charge in [-0.05, 0) is 30.7 Å². The van der Waals surface area contributed by atoms with Crippen LogP contribution in [0.1, 0.15) is 29.3 Å². The number of thioether (sulfide) groups is 1. The van der Waals surface area contributed by atoms with E-state index in [1.54, 1.807) is 0 Å². The summed E-state index contributed by atoms with van der Waals surface area (Å²) in [6.45, 7) is 2.14. The Morgan fingerprint density at radius 1 is 1.30 bits per heavy atom. The summed E-state index contributed by atoms with van der Waals surface area (Å²) in [7, 11) is 0. The molecule has 1 aromatic rings. The second-order valence-electron chi connectivity index (χ2n) is 5.03. The van der Waals surface area contributed by atoms with Crippen LogP contribution in [0.2, 0.25) is 0 Å². The Labute approximate surface area is 136 Å². The number of esters is 1. The molecule has 1 unspecified atom stereocenters. The quantitative estimate of drug-likeness (QED) is 0.785. The van der Waals surface area contributed by atoms with Crippen LogP contribution in [0.5, 0.6) is 0 Å². The van der Waals surface area contributed by atoms with Gasteiger partial charge in [0.2, 0.25) is 0 Å². The highest BCUT2D eigenvalue weighted by atomic mass is 32.2. The molecule has 0 aliphatic carbocycles. The summed E-state index contributed by atoms with van der Waals surface area (Å²) < 4.78 is 42.7. The second kappa shape index (κ2) is 7.25. The zero-order valence-electron chi connectivity index (χ0n) is 12.4. The molecule has 1 aromatic carbocycles. The highest BCUT2D eigenvalue weighted by Crippen LogP contribution is 2.30. The molecule has 1 aliphatic heterocycles. The molecule has 1 aliphatic rings. The van der Waals surface area contributed by atoms with E-state index in [0.29, 0.717) is 18.1 Å². The third kappa shape index (κ3) is 4.19. The van der Waals surface area contributed by atoms with Gasteiger partial charge >= 0.3 is 12.1 Å². The van der Waals surface area contributed by atoms with Gasteiger partial charge < -0.3 is 9.64 Å². The summed E-state index contributed by atoms with van der Waals surface area (Å²) in [5.74, 6) is -0.208. The molecule has 1 fully saturated rings. The first-order chi connectivity index (χ1) is 10.8. The van der Waals surface area contributed by atoms with Crippen molar-refractivity contribution in [2.75, 3.05) is 18.2 Å². The molecule has 0 aromatic heterocycles. The maximum Gasteiger partial charge on any atom is 0.416 e. The van der Waals surface area contributed by atoms with Crippen LogP contribution in [0.4, 0.5) is 13.2 Å². The van der Waals surface area contributed by atoms with Crippen molar-refractivity contribution in [2.45, 2.75) is 25.6 Å². The lowest BCUT2D eigenvalue weighted by molar-refractivity contribution is -0.147. The van der Waals surface area contributed by atoms with Gasteiger partial charge in [0.15, 0.2) is 0 Å². The first-order valence-corrected chi connectivity index (χ1v) is 8.22. The molecule has 1 atom stereocenters. The highest BCUT2D eigenvalue weighted by molar-refractivity contribution is 7.99. The minimum atomic E-state index is -4.45. The van der Waals surface area contributed by atoms with Gasteiger partial charge in [-0.15, -0.1) is 11.8 Å². The van der Waals surface area contributed by atoms with Crippen molar-refractivity contribution in [3.63, 3.8) is 0 Å². The van der Waals surface area contributed by atoms with Gasteiger partial charge in [0.05, 0.1) is 18.0 Å². The molecule has 0 N–H and O–H groups in total. The van der Waals surface area contributed by atoms with Gasteiger partial charge in [0.1, 0.15) is 6.04 Å². The lowest BCUT2D eigenvalue weighted by atomic mass is 10.1. The molecule has 8 heteroatoms. The highest BCUT2D eigenvalue weighted by Gasteiger charge is 2.36. The molecule has 4 nitrogen and oxygen atoms in total. The minimum absolute atomic E-state index is 0.119. The SMILES string of the molecule is CCCOC(=O)C1CSCN1C(=O)c1ccc(C(F)(F)F)cc1. The minimum Gasteiger partial charge on any atom is -0.464 e. The Balaban J connectivity index is 2.11. The molecule has 2 rings (SSSR count). The predicted molar refractivity (Wildman–Crippen MR) is 80.0 cm³/mol. The molecule has 1 saturated heterocycles. The summed E-state index contributed by atoms with van der Waals surface area (Å²) in [4.78, 5) is 25.7. The number of nitrogens with zero attached hydrogens (tertiary/aromatic N) is 1. The Hall–Kier alpha value is -1.70. The van der Waals surface area contributed by atoms with Gasteiger partial charge in [-0.3, -0.25) is 4.79 Å². The summed E-state index contributed by atoms with van der Waals surface area (Å²) in [5.41, 5.74) is -0.697. The van der Waals surface area contributed by atoms with E-state index in [4.69, 9.17) is 4.74 Å². The van der Waals surface area contributed by atoms with E-state index < -0.39 is 29.7 Å². The standard InChI is InChI=1S/C15H16F3NO3S/c1-2-7-22-14(21)12-8-23-9-19(12)13(20)10-3-5-11(6-4-10)15(16,17)18/h3-6,12H,2,7-9H2,1H3. The summed E-state index contributed by atoms with van der Waals surface area (Å²) in [5, 5.41) is 0. The Bertz CT molecular complexity index is 574. The van der Waals surface area contributed by atoms with Crippen molar-refractivity contribution in [1.82, 2.24) is 4.90 Å². The molecular formula is C15H16F3NO3S. The second-order valence-corrected chi connectivity index (χ2v) is 6.03. The Kier molecular flexibility index (Phi) is 5.56. The zero-order valence-corrected chi connectivity index (χ0v) is 13.2. The van der Waals surface area contributed by atoms with Crippen molar-refractivity contribution < 1.29 is 27.5 Å². The van der Waals surface area contributed by atoms with E-state index >= 15 is 0 Å². The number of rotatable bonds is 4. The largest absolute Gasteiger partial charge is 0.464 e. The lowest BCUT2D eigenvalue weighted by Gasteiger charge is -2.22. The number of ether oxygens (including phenoxy) is 1. The molecule has 0 saturated carbocycles. The average Bonchev–Trinajstić information content (AvgIpc) is 3.00. The zero-order chi connectivity index (χ0) is 17.0. The van der Waals surface area contributed by atoms with E-state index in [1.165, 1.54) is 16.7 Å². The number of hydrogen-bond donors (Lipinski definition) is 0. The van der Waals surface area contributed by atoms with Gasteiger partial charge in [-0.2, -0.15) is 13.2 Å². The summed E-state index contributed by atoms with van der Waals surface area (Å²) in [6, 6.07) is 3.29. The first-order valence-electron chi connectivity index (χ1n) is 7.07. The fourth-order valence-corrected chi connectivity index (χ4v) is 3.24. The number of alkyl halides is 3. The lowest BCUT2D eigenvalue weighted by Crippen LogP contribution is -2.42. The van der Waals surface area contributed by atoms with Crippen LogP contribution in [0.25, 0.3) is 0 Å². The first kappa shape index (κ1) is 17.7. The van der Waals surface area contributed by atoms with E-state index in [9.17, 15) is 22.8 Å². The molecule has 0 bridgehead atoms. The Morgan fingerprint density at radius 3 is 2.52 bits per heavy atom. The molecule has 23 heavy (non-hydrogen) atoms. The van der Waals surface area contributed by atoms with Crippen LogP contribution in [-0.4, -0.2) is 41.1 Å². The predicted octanol–water partition coefficient (Wildman–Crippen LogP) is 3.17. The maximum absolute atomic E-state index is 12.5. The van der Waals surface area contributed by atoms with E-state index in [1.807, 2.05) is 6.92 Å². The van der Waals surface area contributed by atoms with E-state index in [-0.39, 0.29) is 12.2 Å². The number of halogens is 3. The topological polar surface area (TPSA) is 46.6 Å². The van der Waals surface area contributed by atoms with Crippen LogP contribution < -0.4 is 0 Å². The van der Waals surface area contributed by atoms with Crippen molar-refractivity contribution >= 4 is 23.6 Å². The van der Waals surface area contributed by atoms with Crippen molar-refractivity contribution in [3.05, 3.63) is 35.4 Å². The smallest absolute Gasteiger partial charge is 0.416 e. The number of benzene rings is 1. The third-order valence-electron chi connectivity index (χ3n) is 3.32. The average molecular weight is 347 g/mol. The van der Waals surface area contributed by atoms with Crippen LogP contribution >= 0.6 is 11.8 Å². The molecule has 1 heterocycles. The fourth-order valence-electron chi connectivity index (χ4n) is 2.10. The third-order valence-corrected chi connectivity index (χ3v) is 4.34. The van der Waals surface area contributed by atoms with E-state index in [0.717, 1.165) is 24.3 Å². The van der Waals surface area contributed by atoms with Crippen molar-refractivity contribution in [1.29, 1.82) is 0 Å². The van der Waals surface area contributed by atoms with Crippen LogP contribution in [0.3, 0.4) is 0 Å². The molecular weight excluding hydrogens is 331 g/mol. The number of hydrogen-bond acceptors (Lipinski definition) is 4. The van der Waals surface area contributed by atoms with Crippen LogP contribution in [0.15, 0.2) is 24.3 Å². The molecule has 1 amide bonds. The number of carbonyl (C=O) groups excluding carboxylic acids is 2. The van der Waals surface area contributed by atoms with E-state index in [2.05, 4.69) is 0 Å². The van der Waals surface area contributed by atoms with Crippen molar-refractivity contribution in [2.24, 2.45) is 0 Å². The van der Waals surface area contributed by atoms with Gasteiger partial charge in [-0.25, -0.2) is 4.79 Å². The van der Waals surface area contributed by atoms with Crippen molar-refractivity contribution in [3.8, 4) is 0 Å². The normalized spacial score (nSPS) is 18.1. The molecule has 0 spiro atoms. The molecule has 0 radical (unpaired) electrons. The Morgan fingerprint density at radius 2 is 1.96 bits per heavy atom. The molecule has 126 valence electrons. The maximum atomic E-state index is 12.5. The van der Waals surface area contributed by atoms with Gasteiger partial charge in [-0.1, -0.05) is 6.92 Å². The monoisotopic (exact) mass is 347 g/mol. The summed E-state index contributed by atoms with van der Waals surface area (Å²) in [6.07, 6.45) is -3.77. The fraction of sp³-hybridized carbons (Fsp3) is 0.467. The van der Waals surface area contributed by atoms with Crippen LogP contribution in [0, 0.1) is 0 Å². The number of carbonyl (C=O) groups is 2. The van der Waals surface area contributed by atoms with Gasteiger partial charge in [0.25, 0.3) is 5.91 Å². The number of amides is 1.